The predicted molar refractivity (Wildman–Crippen MR) is 109 cm³/mol. The first-order chi connectivity index (χ1) is 12.8. The lowest BCUT2D eigenvalue weighted by atomic mass is 10.1. The second-order valence-electron chi connectivity index (χ2n) is 5.76. The van der Waals surface area contributed by atoms with Crippen molar-refractivity contribution in [2.24, 2.45) is 15.2 Å². The van der Waals surface area contributed by atoms with Gasteiger partial charge in [0.2, 0.25) is 4.80 Å². The van der Waals surface area contributed by atoms with Crippen LogP contribution in [0.2, 0.25) is 0 Å². The van der Waals surface area contributed by atoms with Gasteiger partial charge in [-0.2, -0.15) is 0 Å². The number of methoxy groups -OCH3 is 1. The first-order valence-electron chi connectivity index (χ1n) is 8.63. The molecule has 0 N–H and O–H groups in total. The summed E-state index contributed by atoms with van der Waals surface area (Å²) in [6.45, 7) is 3.17. The summed E-state index contributed by atoms with van der Waals surface area (Å²) >= 11 is 1.60. The number of ether oxygens (including phenoxy) is 1. The molecule has 0 spiro atoms. The Morgan fingerprint density at radius 3 is 2.42 bits per heavy atom. The number of aromatic nitrogens is 1. The van der Waals surface area contributed by atoms with Gasteiger partial charge in [0.25, 0.3) is 0 Å². The van der Waals surface area contributed by atoms with Crippen molar-refractivity contribution in [3.63, 3.8) is 0 Å². The highest BCUT2D eigenvalue weighted by atomic mass is 32.1. The van der Waals surface area contributed by atoms with E-state index in [9.17, 15) is 0 Å². The summed E-state index contributed by atoms with van der Waals surface area (Å²) in [5.41, 5.74) is 2.58. The number of aliphatic imine (C=N–C) groups is 1. The van der Waals surface area contributed by atoms with Crippen LogP contribution in [0.5, 0.6) is 5.75 Å². The first-order valence-corrected chi connectivity index (χ1v) is 9.51. The van der Waals surface area contributed by atoms with Gasteiger partial charge in [0.1, 0.15) is 5.75 Å². The van der Waals surface area contributed by atoms with Crippen molar-refractivity contribution in [1.29, 1.82) is 0 Å². The molecular formula is C20H22N4OS. The highest BCUT2D eigenvalue weighted by molar-refractivity contribution is 7.07. The van der Waals surface area contributed by atoms with Gasteiger partial charge < -0.3 is 9.30 Å². The smallest absolute Gasteiger partial charge is 0.210 e. The quantitative estimate of drug-likeness (QED) is 0.548. The zero-order valence-electron chi connectivity index (χ0n) is 15.0. The number of allylic oxidation sites excluding steroid dienone is 4. The summed E-state index contributed by atoms with van der Waals surface area (Å²) in [7, 11) is 1.65. The fraction of sp³-hybridized carbons (Fsp3) is 0.250. The van der Waals surface area contributed by atoms with Crippen LogP contribution in [0.15, 0.2) is 75.3 Å². The van der Waals surface area contributed by atoms with Gasteiger partial charge >= 0.3 is 0 Å². The molecule has 1 aliphatic carbocycles. The van der Waals surface area contributed by atoms with Crippen molar-refractivity contribution in [2.75, 3.05) is 7.11 Å². The Morgan fingerprint density at radius 2 is 1.73 bits per heavy atom. The Balaban J connectivity index is 1.70. The molecule has 1 aromatic heterocycles. The highest BCUT2D eigenvalue weighted by Crippen LogP contribution is 2.18. The van der Waals surface area contributed by atoms with Crippen LogP contribution in [0.3, 0.4) is 0 Å². The number of nitrogens with zero attached hydrogens (tertiary/aromatic N) is 4. The van der Waals surface area contributed by atoms with Gasteiger partial charge in [0, 0.05) is 18.1 Å². The summed E-state index contributed by atoms with van der Waals surface area (Å²) in [5, 5.41) is 10.8. The average Bonchev–Trinajstić information content (AvgIpc) is 3.14. The minimum atomic E-state index is 0.814. The molecule has 0 radical (unpaired) electrons. The van der Waals surface area contributed by atoms with Crippen molar-refractivity contribution in [3.05, 3.63) is 64.9 Å². The fourth-order valence-electron chi connectivity index (χ4n) is 2.38. The standard InChI is InChI=1S/C20H22N4OS/c1-3-4-13-24-14-15-26-20(24)23-22-18-7-5-16(6-8-18)21-17-9-11-19(25-2)12-10-17/h5-12,14-15H,3-4,13H2,1-2H3/b21-16?,22-18?,23-20-. The molecule has 0 amide bonds. The number of hydrogen-bond acceptors (Lipinski definition) is 5. The Kier molecular flexibility index (Phi) is 6.33. The van der Waals surface area contributed by atoms with E-state index in [1.165, 1.54) is 6.42 Å². The van der Waals surface area contributed by atoms with E-state index >= 15 is 0 Å². The van der Waals surface area contributed by atoms with Crippen LogP contribution in [-0.4, -0.2) is 23.1 Å². The van der Waals surface area contributed by atoms with Crippen LogP contribution < -0.4 is 9.54 Å². The number of thiazole rings is 1. The minimum Gasteiger partial charge on any atom is -0.497 e. The Bertz CT molecular complexity index is 896. The van der Waals surface area contributed by atoms with E-state index in [0.717, 1.165) is 40.6 Å². The molecule has 5 nitrogen and oxygen atoms in total. The second-order valence-corrected chi connectivity index (χ2v) is 6.63. The van der Waals surface area contributed by atoms with Crippen molar-refractivity contribution < 1.29 is 4.74 Å². The summed E-state index contributed by atoms with van der Waals surface area (Å²) in [6, 6.07) is 7.66. The third-order valence-electron chi connectivity index (χ3n) is 3.84. The predicted octanol–water partition coefficient (Wildman–Crippen LogP) is 4.51. The number of hydrogen-bond donors (Lipinski definition) is 0. The van der Waals surface area contributed by atoms with Gasteiger partial charge in [-0.3, -0.25) is 0 Å². The largest absolute Gasteiger partial charge is 0.497 e. The van der Waals surface area contributed by atoms with E-state index in [-0.39, 0.29) is 0 Å². The molecular weight excluding hydrogens is 344 g/mol. The van der Waals surface area contributed by atoms with Crippen LogP contribution in [-0.2, 0) is 6.54 Å². The Labute approximate surface area is 157 Å². The van der Waals surface area contributed by atoms with E-state index in [4.69, 9.17) is 4.74 Å². The number of aryl methyl sites for hydroxylation is 1. The summed E-state index contributed by atoms with van der Waals surface area (Å²) in [4.78, 5) is 5.51. The maximum atomic E-state index is 5.16. The molecule has 0 fully saturated rings. The molecule has 1 aliphatic rings. The second kappa shape index (κ2) is 9.10. The Morgan fingerprint density at radius 1 is 1.00 bits per heavy atom. The number of benzene rings is 1. The zero-order valence-corrected chi connectivity index (χ0v) is 15.8. The maximum absolute atomic E-state index is 5.16. The summed E-state index contributed by atoms with van der Waals surface area (Å²) in [6.07, 6.45) is 12.1. The van der Waals surface area contributed by atoms with Crippen LogP contribution in [0.4, 0.5) is 5.69 Å². The van der Waals surface area contributed by atoms with E-state index < -0.39 is 0 Å². The topological polar surface area (TPSA) is 51.2 Å². The third kappa shape index (κ3) is 4.89. The van der Waals surface area contributed by atoms with Crippen LogP contribution >= 0.6 is 11.3 Å². The number of unbranched alkanes of at least 4 members (excludes halogenated alkanes) is 1. The van der Waals surface area contributed by atoms with Crippen LogP contribution in [0.1, 0.15) is 19.8 Å². The zero-order chi connectivity index (χ0) is 18.2. The lowest BCUT2D eigenvalue weighted by Gasteiger charge is -2.03. The highest BCUT2D eigenvalue weighted by Gasteiger charge is 2.00. The summed E-state index contributed by atoms with van der Waals surface area (Å²) < 4.78 is 7.30. The molecule has 6 heteroatoms. The molecule has 0 aliphatic heterocycles. The molecule has 1 heterocycles. The van der Waals surface area contributed by atoms with Crippen molar-refractivity contribution >= 4 is 28.4 Å². The molecule has 0 saturated carbocycles. The monoisotopic (exact) mass is 366 g/mol. The average molecular weight is 366 g/mol. The lowest BCUT2D eigenvalue weighted by Crippen LogP contribution is -2.13. The molecule has 0 bridgehead atoms. The molecule has 3 rings (SSSR count). The molecule has 0 atom stereocenters. The fourth-order valence-corrected chi connectivity index (χ4v) is 3.08. The van der Waals surface area contributed by atoms with Gasteiger partial charge in [-0.05, 0) is 55.0 Å². The lowest BCUT2D eigenvalue weighted by molar-refractivity contribution is 0.415. The van der Waals surface area contributed by atoms with E-state index in [2.05, 4.69) is 32.9 Å². The van der Waals surface area contributed by atoms with Gasteiger partial charge in [-0.25, -0.2) is 4.99 Å². The van der Waals surface area contributed by atoms with Gasteiger partial charge in [0.05, 0.1) is 24.2 Å². The SMILES string of the molecule is CCCCn1ccs/c1=N\N=C1C=CC(=Nc2ccc(OC)cc2)C=C1. The van der Waals surface area contributed by atoms with Gasteiger partial charge in [0.15, 0.2) is 0 Å². The normalized spacial score (nSPS) is 14.0. The third-order valence-corrected chi connectivity index (χ3v) is 4.63. The molecule has 134 valence electrons. The van der Waals surface area contributed by atoms with Gasteiger partial charge in [-0.15, -0.1) is 21.5 Å². The molecule has 0 saturated heterocycles. The van der Waals surface area contributed by atoms with Crippen molar-refractivity contribution in [1.82, 2.24) is 4.57 Å². The molecule has 0 unspecified atom stereocenters. The minimum absolute atomic E-state index is 0.814. The summed E-state index contributed by atoms with van der Waals surface area (Å²) in [5.74, 6) is 0.824. The van der Waals surface area contributed by atoms with Crippen molar-refractivity contribution in [2.45, 2.75) is 26.3 Å². The van der Waals surface area contributed by atoms with E-state index in [1.807, 2.05) is 53.9 Å². The van der Waals surface area contributed by atoms with Crippen LogP contribution in [0.25, 0.3) is 0 Å². The van der Waals surface area contributed by atoms with Crippen LogP contribution in [0, 0.1) is 0 Å². The maximum Gasteiger partial charge on any atom is 0.210 e. The van der Waals surface area contributed by atoms with Crippen molar-refractivity contribution in [3.8, 4) is 5.75 Å². The van der Waals surface area contributed by atoms with Gasteiger partial charge in [-0.1, -0.05) is 13.3 Å². The van der Waals surface area contributed by atoms with E-state index in [1.54, 1.807) is 18.4 Å². The molecule has 1 aromatic carbocycles. The van der Waals surface area contributed by atoms with E-state index in [0.29, 0.717) is 0 Å². The molecule has 2 aromatic rings. The molecule has 26 heavy (non-hydrogen) atoms. The number of rotatable bonds is 6. The first kappa shape index (κ1) is 18.1. The Hall–Kier alpha value is -2.73.